The van der Waals surface area contributed by atoms with Gasteiger partial charge in [0.1, 0.15) is 6.61 Å². The summed E-state index contributed by atoms with van der Waals surface area (Å²) in [6.45, 7) is 1.49. The van der Waals surface area contributed by atoms with Gasteiger partial charge in [0, 0.05) is 7.11 Å². The van der Waals surface area contributed by atoms with Crippen LogP contribution in [0, 0.1) is 0 Å². The lowest BCUT2D eigenvalue weighted by Gasteiger charge is -2.16. The molecule has 0 saturated heterocycles. The lowest BCUT2D eigenvalue weighted by atomic mass is 10.0. The molecular weight excluding hydrogens is 247 g/mol. The van der Waals surface area contributed by atoms with E-state index in [0.29, 0.717) is 5.56 Å². The molecule has 0 aliphatic heterocycles. The Balaban J connectivity index is 2.80. The van der Waals surface area contributed by atoms with Gasteiger partial charge in [-0.3, -0.25) is 4.79 Å². The fourth-order valence-electron chi connectivity index (χ4n) is 1.48. The molecule has 1 N–H and O–H groups in total. The molecule has 1 atom stereocenters. The van der Waals surface area contributed by atoms with Crippen LogP contribution in [0.1, 0.15) is 24.1 Å². The highest BCUT2D eigenvalue weighted by Crippen LogP contribution is 2.30. The summed E-state index contributed by atoms with van der Waals surface area (Å²) in [7, 11) is 1.37. The maximum Gasteiger partial charge on any atom is 0.416 e. The van der Waals surface area contributed by atoms with Gasteiger partial charge >= 0.3 is 6.18 Å². The molecule has 6 heteroatoms. The second-order valence-corrected chi connectivity index (χ2v) is 3.85. The molecule has 0 saturated carbocycles. The van der Waals surface area contributed by atoms with Crippen LogP contribution in [-0.2, 0) is 15.7 Å². The Morgan fingerprint density at radius 3 is 2.67 bits per heavy atom. The van der Waals surface area contributed by atoms with Crippen molar-refractivity contribution in [1.29, 1.82) is 0 Å². The number of halogens is 3. The van der Waals surface area contributed by atoms with E-state index in [9.17, 15) is 18.0 Å². The van der Waals surface area contributed by atoms with Crippen LogP contribution in [0.5, 0.6) is 0 Å². The third kappa shape index (κ3) is 4.03. The Labute approximate surface area is 103 Å². The summed E-state index contributed by atoms with van der Waals surface area (Å²) in [6.07, 6.45) is -4.38. The van der Waals surface area contributed by atoms with E-state index >= 15 is 0 Å². The van der Waals surface area contributed by atoms with Crippen LogP contribution in [0.2, 0.25) is 0 Å². The van der Waals surface area contributed by atoms with Gasteiger partial charge in [0.05, 0.1) is 11.6 Å². The first-order valence-electron chi connectivity index (χ1n) is 5.30. The molecule has 0 aliphatic rings. The number of ether oxygens (including phenoxy) is 1. The summed E-state index contributed by atoms with van der Waals surface area (Å²) in [5.74, 6) is -0.373. The van der Waals surface area contributed by atoms with Crippen molar-refractivity contribution in [3.05, 3.63) is 35.4 Å². The number of amides is 1. The van der Waals surface area contributed by atoms with E-state index in [1.807, 2.05) is 0 Å². The fraction of sp³-hybridized carbons (Fsp3) is 0.417. The number of nitrogens with one attached hydrogen (secondary N) is 1. The van der Waals surface area contributed by atoms with Crippen LogP contribution < -0.4 is 5.32 Å². The van der Waals surface area contributed by atoms with E-state index < -0.39 is 17.8 Å². The number of hydrogen-bond acceptors (Lipinski definition) is 2. The molecule has 100 valence electrons. The average Bonchev–Trinajstić information content (AvgIpc) is 2.28. The molecule has 0 radical (unpaired) electrons. The third-order valence-corrected chi connectivity index (χ3v) is 2.37. The van der Waals surface area contributed by atoms with Crippen molar-refractivity contribution >= 4 is 5.91 Å². The highest BCUT2D eigenvalue weighted by molar-refractivity contribution is 5.77. The minimum absolute atomic E-state index is 0.122. The third-order valence-electron chi connectivity index (χ3n) is 2.37. The van der Waals surface area contributed by atoms with Crippen molar-refractivity contribution in [2.24, 2.45) is 0 Å². The van der Waals surface area contributed by atoms with Gasteiger partial charge in [-0.25, -0.2) is 0 Å². The van der Waals surface area contributed by atoms with E-state index in [1.54, 1.807) is 6.92 Å². The lowest BCUT2D eigenvalue weighted by Crippen LogP contribution is -2.29. The minimum Gasteiger partial charge on any atom is -0.375 e. The predicted molar refractivity (Wildman–Crippen MR) is 59.9 cm³/mol. The second-order valence-electron chi connectivity index (χ2n) is 3.85. The van der Waals surface area contributed by atoms with E-state index in [0.717, 1.165) is 12.1 Å². The first-order chi connectivity index (χ1) is 8.34. The van der Waals surface area contributed by atoms with Crippen molar-refractivity contribution in [3.8, 4) is 0 Å². The first kappa shape index (κ1) is 14.5. The summed E-state index contributed by atoms with van der Waals surface area (Å²) in [4.78, 5) is 11.3. The highest BCUT2D eigenvalue weighted by atomic mass is 19.4. The molecule has 0 spiro atoms. The van der Waals surface area contributed by atoms with Crippen molar-refractivity contribution in [2.75, 3.05) is 13.7 Å². The first-order valence-corrected chi connectivity index (χ1v) is 5.30. The molecule has 0 aromatic heterocycles. The number of carbonyl (C=O) groups excluding carboxylic acids is 1. The zero-order valence-electron chi connectivity index (χ0n) is 10.0. The van der Waals surface area contributed by atoms with E-state index in [-0.39, 0.29) is 12.5 Å². The molecule has 1 amide bonds. The number of benzene rings is 1. The van der Waals surface area contributed by atoms with Crippen molar-refractivity contribution in [1.82, 2.24) is 5.32 Å². The predicted octanol–water partition coefficient (Wildman–Crippen LogP) is 2.53. The van der Waals surface area contributed by atoms with Crippen LogP contribution >= 0.6 is 0 Å². The summed E-state index contributed by atoms with van der Waals surface area (Å²) in [5.41, 5.74) is -0.331. The Morgan fingerprint density at radius 2 is 2.11 bits per heavy atom. The lowest BCUT2D eigenvalue weighted by molar-refractivity contribution is -0.137. The fourth-order valence-corrected chi connectivity index (χ4v) is 1.48. The molecule has 3 nitrogen and oxygen atoms in total. The monoisotopic (exact) mass is 261 g/mol. The normalized spacial score (nSPS) is 13.2. The summed E-state index contributed by atoms with van der Waals surface area (Å²) >= 11 is 0. The average molecular weight is 261 g/mol. The molecule has 1 aromatic carbocycles. The smallest absolute Gasteiger partial charge is 0.375 e. The minimum atomic E-state index is -4.38. The van der Waals surface area contributed by atoms with E-state index in [2.05, 4.69) is 10.1 Å². The van der Waals surface area contributed by atoms with Gasteiger partial charge in [-0.15, -0.1) is 0 Å². The van der Waals surface area contributed by atoms with Gasteiger partial charge in [-0.2, -0.15) is 13.2 Å². The van der Waals surface area contributed by atoms with Crippen molar-refractivity contribution in [2.45, 2.75) is 19.1 Å². The maximum absolute atomic E-state index is 12.5. The summed E-state index contributed by atoms with van der Waals surface area (Å²) in [6, 6.07) is 4.37. The zero-order valence-corrected chi connectivity index (χ0v) is 10.0. The van der Waals surface area contributed by atoms with Crippen molar-refractivity contribution in [3.63, 3.8) is 0 Å². The molecular formula is C12H14F3NO2. The Bertz CT molecular complexity index is 418. The van der Waals surface area contributed by atoms with E-state index in [1.165, 1.54) is 19.2 Å². The standard InChI is InChI=1S/C12H14F3NO2/c1-8(16-11(17)7-18-2)9-4-3-5-10(6-9)12(13,14)15/h3-6,8H,7H2,1-2H3,(H,16,17). The SMILES string of the molecule is COCC(=O)NC(C)c1cccc(C(F)(F)F)c1. The van der Waals surface area contributed by atoms with Crippen LogP contribution in [-0.4, -0.2) is 19.6 Å². The molecule has 0 aliphatic carbocycles. The Morgan fingerprint density at radius 1 is 1.44 bits per heavy atom. The number of methoxy groups -OCH3 is 1. The molecule has 0 heterocycles. The Kier molecular flexibility index (Phi) is 4.72. The van der Waals surface area contributed by atoms with Gasteiger partial charge < -0.3 is 10.1 Å². The summed E-state index contributed by atoms with van der Waals surface area (Å²) in [5, 5.41) is 2.54. The van der Waals surface area contributed by atoms with Gasteiger partial charge in [-0.1, -0.05) is 12.1 Å². The van der Waals surface area contributed by atoms with Crippen LogP contribution in [0.3, 0.4) is 0 Å². The number of hydrogen-bond donors (Lipinski definition) is 1. The number of alkyl halides is 3. The van der Waals surface area contributed by atoms with Crippen molar-refractivity contribution < 1.29 is 22.7 Å². The quantitative estimate of drug-likeness (QED) is 0.904. The Hall–Kier alpha value is -1.56. The topological polar surface area (TPSA) is 38.3 Å². The van der Waals surface area contributed by atoms with Crippen LogP contribution in [0.15, 0.2) is 24.3 Å². The maximum atomic E-state index is 12.5. The molecule has 1 rings (SSSR count). The van der Waals surface area contributed by atoms with Crippen LogP contribution in [0.4, 0.5) is 13.2 Å². The molecule has 0 bridgehead atoms. The second kappa shape index (κ2) is 5.86. The van der Waals surface area contributed by atoms with E-state index in [4.69, 9.17) is 0 Å². The number of rotatable bonds is 4. The largest absolute Gasteiger partial charge is 0.416 e. The molecule has 1 aromatic rings. The zero-order chi connectivity index (χ0) is 13.8. The highest BCUT2D eigenvalue weighted by Gasteiger charge is 2.30. The van der Waals surface area contributed by atoms with Gasteiger partial charge in [0.15, 0.2) is 0 Å². The van der Waals surface area contributed by atoms with Gasteiger partial charge in [0.2, 0.25) is 5.91 Å². The molecule has 18 heavy (non-hydrogen) atoms. The molecule has 0 fully saturated rings. The molecule has 1 unspecified atom stereocenters. The van der Waals surface area contributed by atoms with Gasteiger partial charge in [-0.05, 0) is 24.6 Å². The van der Waals surface area contributed by atoms with Crippen LogP contribution in [0.25, 0.3) is 0 Å². The number of carbonyl (C=O) groups is 1. The van der Waals surface area contributed by atoms with Gasteiger partial charge in [0.25, 0.3) is 0 Å². The summed E-state index contributed by atoms with van der Waals surface area (Å²) < 4.78 is 42.1.